The normalized spacial score (nSPS) is 20.2. The van der Waals surface area contributed by atoms with Gasteiger partial charge >= 0.3 is 0 Å². The predicted octanol–water partition coefficient (Wildman–Crippen LogP) is 1.58. The third kappa shape index (κ3) is 4.02. The Morgan fingerprint density at radius 2 is 2.18 bits per heavy atom. The average molecular weight is 234 g/mol. The topological polar surface area (TPSA) is 33.3 Å². The van der Waals surface area contributed by atoms with Crippen molar-refractivity contribution in [1.82, 2.24) is 10.6 Å². The Hall–Kier alpha value is -1.06. The van der Waals surface area contributed by atoms with Crippen molar-refractivity contribution in [3.8, 4) is 5.75 Å². The van der Waals surface area contributed by atoms with Gasteiger partial charge in [-0.25, -0.2) is 0 Å². The van der Waals surface area contributed by atoms with Crippen LogP contribution in [0.5, 0.6) is 5.75 Å². The van der Waals surface area contributed by atoms with E-state index in [-0.39, 0.29) is 0 Å². The van der Waals surface area contributed by atoms with Crippen LogP contribution >= 0.6 is 0 Å². The van der Waals surface area contributed by atoms with Crippen LogP contribution in [0, 0.1) is 0 Å². The number of rotatable bonds is 5. The van der Waals surface area contributed by atoms with Crippen LogP contribution in [0.15, 0.2) is 24.3 Å². The second-order valence-electron chi connectivity index (χ2n) is 4.60. The van der Waals surface area contributed by atoms with Crippen molar-refractivity contribution < 1.29 is 4.74 Å². The molecule has 0 bridgehead atoms. The van der Waals surface area contributed by atoms with Crippen molar-refractivity contribution in [3.05, 3.63) is 29.8 Å². The Kier molecular flexibility index (Phi) is 4.83. The largest absolute Gasteiger partial charge is 0.497 e. The Balaban J connectivity index is 1.69. The molecule has 0 saturated carbocycles. The fourth-order valence-corrected chi connectivity index (χ4v) is 2.24. The second kappa shape index (κ2) is 6.62. The van der Waals surface area contributed by atoms with E-state index in [1.165, 1.54) is 24.9 Å². The molecule has 2 rings (SSSR count). The quantitative estimate of drug-likeness (QED) is 0.811. The molecule has 0 aliphatic carbocycles. The Morgan fingerprint density at radius 3 is 2.82 bits per heavy atom. The molecule has 1 saturated heterocycles. The number of nitrogens with one attached hydrogen (secondary N) is 2. The van der Waals surface area contributed by atoms with E-state index in [4.69, 9.17) is 4.74 Å². The lowest BCUT2D eigenvalue weighted by Gasteiger charge is -2.23. The maximum absolute atomic E-state index is 5.14. The molecule has 17 heavy (non-hydrogen) atoms. The van der Waals surface area contributed by atoms with Crippen LogP contribution in [-0.2, 0) is 6.42 Å². The molecule has 1 aromatic rings. The molecule has 1 heterocycles. The molecule has 0 spiro atoms. The van der Waals surface area contributed by atoms with Gasteiger partial charge in [-0.2, -0.15) is 0 Å². The molecule has 1 atom stereocenters. The molecular weight excluding hydrogens is 212 g/mol. The summed E-state index contributed by atoms with van der Waals surface area (Å²) in [5.41, 5.74) is 1.36. The third-order valence-corrected chi connectivity index (χ3v) is 3.30. The molecule has 1 aliphatic heterocycles. The van der Waals surface area contributed by atoms with E-state index in [9.17, 15) is 0 Å². The van der Waals surface area contributed by atoms with Crippen molar-refractivity contribution in [2.45, 2.75) is 25.3 Å². The first-order valence-corrected chi connectivity index (χ1v) is 6.45. The van der Waals surface area contributed by atoms with Crippen molar-refractivity contribution >= 4 is 0 Å². The Bertz CT molecular complexity index is 317. The summed E-state index contributed by atoms with van der Waals surface area (Å²) in [6.07, 6.45) is 3.68. The first-order chi connectivity index (χ1) is 8.38. The van der Waals surface area contributed by atoms with Gasteiger partial charge in [0.25, 0.3) is 0 Å². The van der Waals surface area contributed by atoms with Crippen LogP contribution in [-0.4, -0.2) is 32.8 Å². The maximum atomic E-state index is 5.14. The van der Waals surface area contributed by atoms with E-state index in [2.05, 4.69) is 22.8 Å². The van der Waals surface area contributed by atoms with Crippen LogP contribution in [0.1, 0.15) is 18.4 Å². The number of ether oxygens (including phenoxy) is 1. The Morgan fingerprint density at radius 1 is 1.35 bits per heavy atom. The summed E-state index contributed by atoms with van der Waals surface area (Å²) in [6, 6.07) is 8.98. The monoisotopic (exact) mass is 234 g/mol. The van der Waals surface area contributed by atoms with E-state index in [1.807, 2.05) is 12.1 Å². The lowest BCUT2D eigenvalue weighted by Crippen LogP contribution is -2.43. The highest BCUT2D eigenvalue weighted by atomic mass is 16.5. The van der Waals surface area contributed by atoms with Crippen LogP contribution in [0.4, 0.5) is 0 Å². The fraction of sp³-hybridized carbons (Fsp3) is 0.571. The maximum Gasteiger partial charge on any atom is 0.118 e. The van der Waals surface area contributed by atoms with E-state index in [1.54, 1.807) is 7.11 Å². The molecular formula is C14H22N2O. The molecule has 2 N–H and O–H groups in total. The Labute approximate surface area is 104 Å². The van der Waals surface area contributed by atoms with Crippen LogP contribution in [0.2, 0.25) is 0 Å². The minimum atomic E-state index is 0.655. The van der Waals surface area contributed by atoms with E-state index in [0.29, 0.717) is 6.04 Å². The number of hydrogen-bond acceptors (Lipinski definition) is 3. The number of methoxy groups -OCH3 is 1. The summed E-state index contributed by atoms with van der Waals surface area (Å²) in [4.78, 5) is 0. The molecule has 0 unspecified atom stereocenters. The molecule has 3 heteroatoms. The van der Waals surface area contributed by atoms with Gasteiger partial charge in [0.2, 0.25) is 0 Å². The lowest BCUT2D eigenvalue weighted by atomic mass is 10.1. The minimum absolute atomic E-state index is 0.655. The zero-order valence-corrected chi connectivity index (χ0v) is 10.5. The summed E-state index contributed by atoms with van der Waals surface area (Å²) in [7, 11) is 1.70. The smallest absolute Gasteiger partial charge is 0.118 e. The highest BCUT2D eigenvalue weighted by molar-refractivity contribution is 5.27. The number of hydrogen-bond donors (Lipinski definition) is 2. The first kappa shape index (κ1) is 12.4. The van der Waals surface area contributed by atoms with Crippen molar-refractivity contribution in [3.63, 3.8) is 0 Å². The highest BCUT2D eigenvalue weighted by Gasteiger charge is 2.11. The van der Waals surface area contributed by atoms with Crippen LogP contribution < -0.4 is 15.4 Å². The molecule has 1 aromatic carbocycles. The van der Waals surface area contributed by atoms with Crippen LogP contribution in [0.25, 0.3) is 0 Å². The highest BCUT2D eigenvalue weighted by Crippen LogP contribution is 2.11. The third-order valence-electron chi connectivity index (χ3n) is 3.30. The summed E-state index contributed by atoms with van der Waals surface area (Å²) >= 11 is 0. The van der Waals surface area contributed by atoms with Gasteiger partial charge in [0.1, 0.15) is 5.75 Å². The molecule has 94 valence electrons. The minimum Gasteiger partial charge on any atom is -0.497 e. The zero-order valence-electron chi connectivity index (χ0n) is 10.5. The summed E-state index contributed by atoms with van der Waals surface area (Å²) in [6.45, 7) is 3.35. The van der Waals surface area contributed by atoms with E-state index >= 15 is 0 Å². The number of piperidine rings is 1. The van der Waals surface area contributed by atoms with Gasteiger partial charge in [0.05, 0.1) is 7.11 Å². The van der Waals surface area contributed by atoms with Gasteiger partial charge < -0.3 is 15.4 Å². The average Bonchev–Trinajstić information content (AvgIpc) is 2.41. The summed E-state index contributed by atoms with van der Waals surface area (Å²) in [5.74, 6) is 0.929. The van der Waals surface area contributed by atoms with Gasteiger partial charge in [-0.1, -0.05) is 12.1 Å². The van der Waals surface area contributed by atoms with Gasteiger partial charge in [0.15, 0.2) is 0 Å². The van der Waals surface area contributed by atoms with Crippen molar-refractivity contribution in [2.75, 3.05) is 26.7 Å². The van der Waals surface area contributed by atoms with Gasteiger partial charge in [-0.3, -0.25) is 0 Å². The molecule has 0 aromatic heterocycles. The summed E-state index contributed by atoms with van der Waals surface area (Å²) < 4.78 is 5.14. The molecule has 3 nitrogen and oxygen atoms in total. The van der Waals surface area contributed by atoms with Gasteiger partial charge in [-0.05, 0) is 50.0 Å². The van der Waals surface area contributed by atoms with Crippen molar-refractivity contribution in [1.29, 1.82) is 0 Å². The molecule has 1 aliphatic rings. The van der Waals surface area contributed by atoms with Gasteiger partial charge in [-0.15, -0.1) is 0 Å². The fourth-order valence-electron chi connectivity index (χ4n) is 2.24. The zero-order chi connectivity index (χ0) is 11.9. The molecule has 0 amide bonds. The van der Waals surface area contributed by atoms with Crippen LogP contribution in [0.3, 0.4) is 0 Å². The standard InChI is InChI=1S/C14H22N2O/c1-17-14-6-4-12(5-7-14)8-10-16-13-3-2-9-15-11-13/h4-7,13,15-16H,2-3,8-11H2,1H3/t13-/m1/s1. The predicted molar refractivity (Wildman–Crippen MR) is 70.6 cm³/mol. The number of benzene rings is 1. The van der Waals surface area contributed by atoms with E-state index < -0.39 is 0 Å². The van der Waals surface area contributed by atoms with Crippen molar-refractivity contribution in [2.24, 2.45) is 0 Å². The molecule has 0 radical (unpaired) electrons. The van der Waals surface area contributed by atoms with E-state index in [0.717, 1.165) is 25.3 Å². The van der Waals surface area contributed by atoms with Gasteiger partial charge in [0, 0.05) is 12.6 Å². The lowest BCUT2D eigenvalue weighted by molar-refractivity contribution is 0.392. The molecule has 1 fully saturated rings. The summed E-state index contributed by atoms with van der Waals surface area (Å²) in [5, 5.41) is 7.02. The first-order valence-electron chi connectivity index (χ1n) is 6.45. The SMILES string of the molecule is COc1ccc(CCN[C@@H]2CCCNC2)cc1. The second-order valence-corrected chi connectivity index (χ2v) is 4.60.